The average molecular weight is 363 g/mol. The van der Waals surface area contributed by atoms with Crippen molar-refractivity contribution in [3.63, 3.8) is 0 Å². The predicted octanol–water partition coefficient (Wildman–Crippen LogP) is 0.811. The highest BCUT2D eigenvalue weighted by Gasteiger charge is 2.30. The Hall–Kier alpha value is -2.68. The second-order valence-corrected chi connectivity index (χ2v) is 7.84. The molecule has 3 rings (SSSR count). The van der Waals surface area contributed by atoms with Crippen molar-refractivity contribution < 1.29 is 23.1 Å². The van der Waals surface area contributed by atoms with Gasteiger partial charge in [-0.15, -0.1) is 0 Å². The zero-order valence-corrected chi connectivity index (χ0v) is 14.3. The normalized spacial score (nSPS) is 14.9. The summed E-state index contributed by atoms with van der Waals surface area (Å²) >= 11 is 0. The lowest BCUT2D eigenvalue weighted by molar-refractivity contribution is -0.118. The largest absolute Gasteiger partial charge is 0.478 e. The van der Waals surface area contributed by atoms with Crippen molar-refractivity contribution in [2.75, 3.05) is 24.2 Å². The zero-order valence-electron chi connectivity index (χ0n) is 13.5. The third-order valence-corrected chi connectivity index (χ3v) is 5.88. The number of carbonyl (C=O) groups is 2. The Labute approximate surface area is 144 Å². The summed E-state index contributed by atoms with van der Waals surface area (Å²) in [6.45, 7) is 2.00. The van der Waals surface area contributed by atoms with Gasteiger partial charge in [-0.25, -0.2) is 13.2 Å². The van der Waals surface area contributed by atoms with Gasteiger partial charge in [-0.05, 0) is 24.1 Å². The third kappa shape index (κ3) is 3.14. The molecule has 0 saturated heterocycles. The van der Waals surface area contributed by atoms with Gasteiger partial charge in [0, 0.05) is 31.6 Å². The molecule has 1 aromatic carbocycles. The molecule has 0 atom stereocenters. The maximum Gasteiger partial charge on any atom is 0.339 e. The van der Waals surface area contributed by atoms with E-state index in [4.69, 9.17) is 0 Å². The van der Waals surface area contributed by atoms with Gasteiger partial charge < -0.3 is 15.7 Å². The Kier molecular flexibility index (Phi) is 4.34. The fourth-order valence-electron chi connectivity index (χ4n) is 2.99. The van der Waals surface area contributed by atoms with E-state index in [1.165, 1.54) is 19.2 Å². The molecule has 1 aliphatic rings. The number of pyridine rings is 1. The molecule has 8 nitrogen and oxygen atoms in total. The summed E-state index contributed by atoms with van der Waals surface area (Å²) in [7, 11) is -3.34. The number of nitrogens with zero attached hydrogens (tertiary/aromatic N) is 1. The number of carboxylic acid groups (broad SMARTS) is 1. The highest BCUT2D eigenvalue weighted by atomic mass is 32.2. The number of hydrogen-bond acceptors (Lipinski definition) is 6. The number of carbonyl (C=O) groups excluding carboxylic acids is 1. The number of amides is 1. The molecule has 0 saturated carbocycles. The molecule has 2 heterocycles. The van der Waals surface area contributed by atoms with Crippen molar-refractivity contribution in [1.82, 2.24) is 10.3 Å². The van der Waals surface area contributed by atoms with Crippen molar-refractivity contribution in [3.8, 4) is 0 Å². The van der Waals surface area contributed by atoms with E-state index in [9.17, 15) is 23.1 Å². The molecule has 132 valence electrons. The lowest BCUT2D eigenvalue weighted by atomic mass is 10.0. The predicted molar refractivity (Wildman–Crippen MR) is 91.6 cm³/mol. The molecule has 9 heteroatoms. The Morgan fingerprint density at radius 3 is 2.72 bits per heavy atom. The van der Waals surface area contributed by atoms with E-state index in [2.05, 4.69) is 15.6 Å². The summed E-state index contributed by atoms with van der Waals surface area (Å²) in [5.41, 5.74) is 1.42. The first-order chi connectivity index (χ1) is 11.8. The van der Waals surface area contributed by atoms with Gasteiger partial charge >= 0.3 is 5.97 Å². The minimum atomic E-state index is -3.34. The molecule has 1 aromatic heterocycles. The highest BCUT2D eigenvalue weighted by Crippen LogP contribution is 2.37. The number of aromatic carboxylic acids is 1. The number of fused-ring (bicyclic) bond motifs is 3. The minimum absolute atomic E-state index is 0.00405. The standard InChI is InChI=1S/C16H17N3O5S/c1-9(20)17-5-6-18-15-11(16(21)22)8-19-12-2-3-13-10(14(12)15)4-7-25(13,23)24/h2-3,8H,4-7H2,1H3,(H,17,20)(H,18,19)(H,21,22). The number of anilines is 1. The first-order valence-corrected chi connectivity index (χ1v) is 9.35. The van der Waals surface area contributed by atoms with Crippen LogP contribution in [0.25, 0.3) is 10.9 Å². The molecular formula is C16H17N3O5S. The smallest absolute Gasteiger partial charge is 0.339 e. The third-order valence-electron chi connectivity index (χ3n) is 4.09. The maximum atomic E-state index is 12.2. The summed E-state index contributed by atoms with van der Waals surface area (Å²) in [5, 5.41) is 15.6. The minimum Gasteiger partial charge on any atom is -0.478 e. The first-order valence-electron chi connectivity index (χ1n) is 7.70. The summed E-state index contributed by atoms with van der Waals surface area (Å²) < 4.78 is 24.3. The molecule has 3 N–H and O–H groups in total. The van der Waals surface area contributed by atoms with Crippen molar-refractivity contribution in [1.29, 1.82) is 0 Å². The molecule has 0 bridgehead atoms. The Balaban J connectivity index is 2.13. The van der Waals surface area contributed by atoms with Crippen molar-refractivity contribution in [3.05, 3.63) is 29.5 Å². The molecule has 1 amide bonds. The fourth-order valence-corrected chi connectivity index (χ4v) is 4.54. The number of carboxylic acids is 1. The number of sulfone groups is 1. The number of aryl methyl sites for hydroxylation is 1. The van der Waals surface area contributed by atoms with Crippen LogP contribution < -0.4 is 10.6 Å². The van der Waals surface area contributed by atoms with E-state index in [-0.39, 0.29) is 22.1 Å². The van der Waals surface area contributed by atoms with Crippen LogP contribution in [-0.2, 0) is 21.1 Å². The fraction of sp³-hybridized carbons (Fsp3) is 0.312. The molecule has 0 unspecified atom stereocenters. The molecular weight excluding hydrogens is 346 g/mol. The molecule has 2 aromatic rings. The van der Waals surface area contributed by atoms with Crippen molar-refractivity contribution >= 4 is 38.3 Å². The monoisotopic (exact) mass is 363 g/mol. The van der Waals surface area contributed by atoms with Gasteiger partial charge in [-0.3, -0.25) is 9.78 Å². The van der Waals surface area contributed by atoms with Gasteiger partial charge in [0.25, 0.3) is 0 Å². The van der Waals surface area contributed by atoms with E-state index in [1.807, 2.05) is 0 Å². The number of benzene rings is 1. The second-order valence-electron chi connectivity index (χ2n) is 5.77. The number of rotatable bonds is 5. The van der Waals surface area contributed by atoms with Crippen molar-refractivity contribution in [2.45, 2.75) is 18.2 Å². The maximum absolute atomic E-state index is 12.2. The van der Waals surface area contributed by atoms with Gasteiger partial charge in [0.2, 0.25) is 5.91 Å². The van der Waals surface area contributed by atoms with E-state index < -0.39 is 15.8 Å². The van der Waals surface area contributed by atoms with Crippen LogP contribution >= 0.6 is 0 Å². The van der Waals surface area contributed by atoms with Crippen LogP contribution in [0.3, 0.4) is 0 Å². The van der Waals surface area contributed by atoms with Gasteiger partial charge in [-0.2, -0.15) is 0 Å². The molecule has 1 aliphatic heterocycles. The van der Waals surface area contributed by atoms with Crippen molar-refractivity contribution in [2.24, 2.45) is 0 Å². The summed E-state index contributed by atoms with van der Waals surface area (Å²) in [6.07, 6.45) is 1.57. The van der Waals surface area contributed by atoms with Gasteiger partial charge in [0.1, 0.15) is 5.56 Å². The lowest BCUT2D eigenvalue weighted by Crippen LogP contribution is -2.26. The van der Waals surface area contributed by atoms with Crippen LogP contribution in [0, 0.1) is 0 Å². The summed E-state index contributed by atoms with van der Waals surface area (Å²) in [4.78, 5) is 26.9. The SMILES string of the molecule is CC(=O)NCCNc1c(C(=O)O)cnc2ccc3c(c12)CCS3(=O)=O. The van der Waals surface area contributed by atoms with Gasteiger partial charge in [-0.1, -0.05) is 0 Å². The average Bonchev–Trinajstić information content (AvgIpc) is 2.86. The molecule has 0 aliphatic carbocycles. The van der Waals surface area contributed by atoms with E-state index in [0.717, 1.165) is 0 Å². The van der Waals surface area contributed by atoms with E-state index in [1.54, 1.807) is 6.07 Å². The summed E-state index contributed by atoms with van der Waals surface area (Å²) in [5.74, 6) is -1.34. The Morgan fingerprint density at radius 2 is 2.04 bits per heavy atom. The molecule has 0 radical (unpaired) electrons. The van der Waals surface area contributed by atoms with Crippen LogP contribution in [0.2, 0.25) is 0 Å². The van der Waals surface area contributed by atoms with E-state index >= 15 is 0 Å². The Morgan fingerprint density at radius 1 is 1.28 bits per heavy atom. The number of hydrogen-bond donors (Lipinski definition) is 3. The molecule has 0 fully saturated rings. The topological polar surface area (TPSA) is 125 Å². The number of nitrogens with one attached hydrogen (secondary N) is 2. The lowest BCUT2D eigenvalue weighted by Gasteiger charge is -2.15. The summed E-state index contributed by atoms with van der Waals surface area (Å²) in [6, 6.07) is 3.11. The van der Waals surface area contributed by atoms with Gasteiger partial charge in [0.05, 0.1) is 21.9 Å². The molecule has 25 heavy (non-hydrogen) atoms. The van der Waals surface area contributed by atoms with Gasteiger partial charge in [0.15, 0.2) is 9.84 Å². The molecule has 0 spiro atoms. The zero-order chi connectivity index (χ0) is 18.2. The highest BCUT2D eigenvalue weighted by molar-refractivity contribution is 7.91. The first kappa shape index (κ1) is 17.2. The van der Waals surface area contributed by atoms with Crippen LogP contribution in [0.15, 0.2) is 23.2 Å². The van der Waals surface area contributed by atoms with E-state index in [0.29, 0.717) is 41.7 Å². The number of aromatic nitrogens is 1. The quantitative estimate of drug-likeness (QED) is 0.671. The van der Waals surface area contributed by atoms with Crippen LogP contribution in [-0.4, -0.2) is 49.2 Å². The van der Waals surface area contributed by atoms with Crippen LogP contribution in [0.1, 0.15) is 22.8 Å². The van der Waals surface area contributed by atoms with Crippen LogP contribution in [0.5, 0.6) is 0 Å². The Bertz CT molecular complexity index is 985. The second kappa shape index (κ2) is 6.32. The van der Waals surface area contributed by atoms with Crippen LogP contribution in [0.4, 0.5) is 5.69 Å².